The Hall–Kier alpha value is -1.00. The molecule has 0 fully saturated rings. The first kappa shape index (κ1) is 15.1. The van der Waals surface area contributed by atoms with Crippen molar-refractivity contribution in [2.24, 2.45) is 0 Å². The van der Waals surface area contributed by atoms with Crippen molar-refractivity contribution in [1.29, 1.82) is 0 Å². The fraction of sp³-hybridized carbons (Fsp3) is 0.429. The van der Waals surface area contributed by atoms with Crippen molar-refractivity contribution in [3.05, 3.63) is 27.7 Å². The molecule has 1 N–H and O–H groups in total. The van der Waals surface area contributed by atoms with Gasteiger partial charge in [0.2, 0.25) is 0 Å². The maximum absolute atomic E-state index is 5.31. The summed E-state index contributed by atoms with van der Waals surface area (Å²) in [5.74, 6) is 1.46. The lowest BCUT2D eigenvalue weighted by molar-refractivity contribution is 0.354. The molecule has 0 aliphatic heterocycles. The van der Waals surface area contributed by atoms with Crippen LogP contribution in [0.4, 0.5) is 0 Å². The lowest BCUT2D eigenvalue weighted by Gasteiger charge is -2.13. The van der Waals surface area contributed by atoms with Gasteiger partial charge in [-0.25, -0.2) is 0 Å². The molecule has 18 heavy (non-hydrogen) atoms. The van der Waals surface area contributed by atoms with Crippen LogP contribution in [0.15, 0.2) is 22.2 Å². The Balaban J connectivity index is 3.17. The van der Waals surface area contributed by atoms with Crippen LogP contribution in [-0.2, 0) is 0 Å². The molecule has 1 aromatic rings. The molecule has 100 valence electrons. The lowest BCUT2D eigenvalue weighted by Crippen LogP contribution is -2.21. The first-order valence-corrected chi connectivity index (χ1v) is 6.59. The summed E-state index contributed by atoms with van der Waals surface area (Å²) in [7, 11) is 5.22. The second-order valence-electron chi connectivity index (χ2n) is 4.13. The molecule has 1 rings (SSSR count). The number of hydrogen-bond donors (Lipinski definition) is 1. The third-order valence-corrected chi connectivity index (χ3v) is 3.69. The van der Waals surface area contributed by atoms with Gasteiger partial charge in [0.25, 0.3) is 0 Å². The maximum atomic E-state index is 5.31. The Bertz CT molecular complexity index is 444. The van der Waals surface area contributed by atoms with E-state index in [0.29, 0.717) is 6.04 Å². The molecule has 0 aliphatic carbocycles. The molecule has 3 nitrogen and oxygen atoms in total. The van der Waals surface area contributed by atoms with Gasteiger partial charge in [0.1, 0.15) is 0 Å². The van der Waals surface area contributed by atoms with Crippen LogP contribution in [0.1, 0.15) is 19.4 Å². The number of ether oxygens (including phenoxy) is 2. The van der Waals surface area contributed by atoms with Gasteiger partial charge in [0, 0.05) is 10.5 Å². The SMILES string of the molecule is CNC(C)/C(C)=C/c1cc(OC)c(OC)cc1Br. The van der Waals surface area contributed by atoms with Crippen LogP contribution in [0.25, 0.3) is 6.08 Å². The summed E-state index contributed by atoms with van der Waals surface area (Å²) in [4.78, 5) is 0. The van der Waals surface area contributed by atoms with E-state index < -0.39 is 0 Å². The van der Waals surface area contributed by atoms with Gasteiger partial charge in [-0.05, 0) is 38.6 Å². The molecule has 0 heterocycles. The monoisotopic (exact) mass is 313 g/mol. The van der Waals surface area contributed by atoms with Gasteiger partial charge in [-0.1, -0.05) is 27.6 Å². The molecule has 1 aromatic carbocycles. The normalized spacial score (nSPS) is 13.3. The molecule has 0 aromatic heterocycles. The summed E-state index contributed by atoms with van der Waals surface area (Å²) >= 11 is 3.55. The van der Waals surface area contributed by atoms with Gasteiger partial charge in [-0.2, -0.15) is 0 Å². The van der Waals surface area contributed by atoms with Crippen molar-refractivity contribution in [2.75, 3.05) is 21.3 Å². The Morgan fingerprint density at radius 2 is 1.83 bits per heavy atom. The highest BCUT2D eigenvalue weighted by molar-refractivity contribution is 9.10. The van der Waals surface area contributed by atoms with E-state index in [9.17, 15) is 0 Å². The fourth-order valence-electron chi connectivity index (χ4n) is 1.58. The Kier molecular flexibility index (Phi) is 5.69. The van der Waals surface area contributed by atoms with Gasteiger partial charge in [0.15, 0.2) is 11.5 Å². The van der Waals surface area contributed by atoms with Crippen molar-refractivity contribution in [3.63, 3.8) is 0 Å². The summed E-state index contributed by atoms with van der Waals surface area (Å²) < 4.78 is 11.6. The average molecular weight is 314 g/mol. The van der Waals surface area contributed by atoms with Crippen LogP contribution in [0.3, 0.4) is 0 Å². The zero-order chi connectivity index (χ0) is 13.7. The van der Waals surface area contributed by atoms with Gasteiger partial charge in [-0.15, -0.1) is 0 Å². The maximum Gasteiger partial charge on any atom is 0.161 e. The van der Waals surface area contributed by atoms with E-state index in [1.165, 1.54) is 5.57 Å². The van der Waals surface area contributed by atoms with Crippen LogP contribution >= 0.6 is 15.9 Å². The van der Waals surface area contributed by atoms with Crippen LogP contribution in [0.2, 0.25) is 0 Å². The number of halogens is 1. The molecule has 0 radical (unpaired) electrons. The quantitative estimate of drug-likeness (QED) is 0.902. The second kappa shape index (κ2) is 6.81. The minimum atomic E-state index is 0.338. The van der Waals surface area contributed by atoms with E-state index >= 15 is 0 Å². The zero-order valence-electron chi connectivity index (χ0n) is 11.5. The highest BCUT2D eigenvalue weighted by Gasteiger charge is 2.09. The average Bonchev–Trinajstić information content (AvgIpc) is 2.39. The van der Waals surface area contributed by atoms with Gasteiger partial charge < -0.3 is 14.8 Å². The van der Waals surface area contributed by atoms with E-state index in [4.69, 9.17) is 9.47 Å². The predicted molar refractivity (Wildman–Crippen MR) is 79.4 cm³/mol. The van der Waals surface area contributed by atoms with Gasteiger partial charge >= 0.3 is 0 Å². The van der Waals surface area contributed by atoms with E-state index in [2.05, 4.69) is 41.2 Å². The molecule has 0 aliphatic rings. The van der Waals surface area contributed by atoms with Gasteiger partial charge in [0.05, 0.1) is 14.2 Å². The van der Waals surface area contributed by atoms with Crippen molar-refractivity contribution >= 4 is 22.0 Å². The molecule has 0 saturated carbocycles. The van der Waals surface area contributed by atoms with Crippen molar-refractivity contribution in [1.82, 2.24) is 5.32 Å². The molecule has 0 bridgehead atoms. The number of nitrogens with one attached hydrogen (secondary N) is 1. The molecule has 1 unspecified atom stereocenters. The minimum Gasteiger partial charge on any atom is -0.493 e. The highest BCUT2D eigenvalue weighted by atomic mass is 79.9. The summed E-state index contributed by atoms with van der Waals surface area (Å²) in [6.07, 6.45) is 2.13. The van der Waals surface area contributed by atoms with Crippen molar-refractivity contribution in [3.8, 4) is 11.5 Å². The Morgan fingerprint density at radius 3 is 2.33 bits per heavy atom. The first-order valence-electron chi connectivity index (χ1n) is 5.80. The smallest absolute Gasteiger partial charge is 0.161 e. The number of hydrogen-bond acceptors (Lipinski definition) is 3. The molecular weight excluding hydrogens is 294 g/mol. The number of methoxy groups -OCH3 is 2. The molecule has 4 heteroatoms. The minimum absolute atomic E-state index is 0.338. The zero-order valence-corrected chi connectivity index (χ0v) is 13.1. The summed E-state index contributed by atoms with van der Waals surface area (Å²) in [5, 5.41) is 3.22. The lowest BCUT2D eigenvalue weighted by atomic mass is 10.1. The van der Waals surface area contributed by atoms with E-state index in [1.807, 2.05) is 19.2 Å². The Labute approximate surface area is 117 Å². The molecule has 0 saturated heterocycles. The third-order valence-electron chi connectivity index (χ3n) is 3.00. The van der Waals surface area contributed by atoms with Crippen molar-refractivity contribution in [2.45, 2.75) is 19.9 Å². The van der Waals surface area contributed by atoms with Crippen LogP contribution in [-0.4, -0.2) is 27.3 Å². The Morgan fingerprint density at radius 1 is 1.28 bits per heavy atom. The van der Waals surface area contributed by atoms with Crippen molar-refractivity contribution < 1.29 is 9.47 Å². The van der Waals surface area contributed by atoms with Crippen LogP contribution in [0, 0.1) is 0 Å². The number of likely N-dealkylation sites (N-methyl/N-ethyl adjacent to an activating group) is 1. The summed E-state index contributed by atoms with van der Waals surface area (Å²) in [6.45, 7) is 4.23. The number of benzene rings is 1. The first-order chi connectivity index (χ1) is 8.53. The van der Waals surface area contributed by atoms with Gasteiger partial charge in [-0.3, -0.25) is 0 Å². The highest BCUT2D eigenvalue weighted by Crippen LogP contribution is 2.34. The van der Waals surface area contributed by atoms with E-state index in [1.54, 1.807) is 14.2 Å². The van der Waals surface area contributed by atoms with Crippen LogP contribution in [0.5, 0.6) is 11.5 Å². The van der Waals surface area contributed by atoms with E-state index in [-0.39, 0.29) is 0 Å². The molecular formula is C14H20BrNO2. The molecule has 0 spiro atoms. The van der Waals surface area contributed by atoms with E-state index in [0.717, 1.165) is 21.5 Å². The summed E-state index contributed by atoms with van der Waals surface area (Å²) in [5.41, 5.74) is 2.33. The fourth-order valence-corrected chi connectivity index (χ4v) is 2.02. The summed E-state index contributed by atoms with van der Waals surface area (Å²) in [6, 6.07) is 4.22. The standard InChI is InChI=1S/C14H20BrNO2/c1-9(10(2)16-3)6-11-7-13(17-4)14(18-5)8-12(11)15/h6-8,10,16H,1-5H3/b9-6+. The third kappa shape index (κ3) is 3.50. The topological polar surface area (TPSA) is 30.5 Å². The number of rotatable bonds is 5. The second-order valence-corrected chi connectivity index (χ2v) is 4.98. The molecule has 0 amide bonds. The predicted octanol–water partition coefficient (Wildman–Crippen LogP) is 3.48. The largest absolute Gasteiger partial charge is 0.493 e. The molecule has 1 atom stereocenters. The van der Waals surface area contributed by atoms with Crippen LogP contribution < -0.4 is 14.8 Å².